The van der Waals surface area contributed by atoms with Crippen LogP contribution in [-0.4, -0.2) is 33.9 Å². The Labute approximate surface area is 101 Å². The van der Waals surface area contributed by atoms with E-state index in [1.54, 1.807) is 13.3 Å². The highest BCUT2D eigenvalue weighted by molar-refractivity contribution is 5.57. The predicted octanol–water partition coefficient (Wildman–Crippen LogP) is 1.94. The molecule has 0 spiro atoms. The highest BCUT2D eigenvalue weighted by Gasteiger charge is 2.10. The van der Waals surface area contributed by atoms with Gasteiger partial charge in [-0.15, -0.1) is 0 Å². The highest BCUT2D eigenvalue weighted by Crippen LogP contribution is 2.19. The second-order valence-corrected chi connectivity index (χ2v) is 4.01. The summed E-state index contributed by atoms with van der Waals surface area (Å²) < 4.78 is 5.07. The monoisotopic (exact) mass is 234 g/mol. The lowest BCUT2D eigenvalue weighted by Gasteiger charge is -1.99. The number of aromatic amines is 2. The minimum absolute atomic E-state index is 0.678. The average Bonchev–Trinajstić information content (AvgIpc) is 2.94. The van der Waals surface area contributed by atoms with E-state index in [-0.39, 0.29) is 0 Å². The number of nitrogens with zero attached hydrogens (tertiary/aromatic N) is 2. The lowest BCUT2D eigenvalue weighted by molar-refractivity contribution is 0.201. The first kappa shape index (κ1) is 11.9. The topological polar surface area (TPSA) is 66.6 Å². The zero-order valence-corrected chi connectivity index (χ0v) is 10.3. The molecule has 2 N–H and O–H groups in total. The fourth-order valence-corrected chi connectivity index (χ4v) is 1.80. The fraction of sp³-hybridized carbons (Fsp3) is 0.500. The summed E-state index contributed by atoms with van der Waals surface area (Å²) in [5, 5.41) is 7.06. The van der Waals surface area contributed by atoms with E-state index < -0.39 is 0 Å². The maximum Gasteiger partial charge on any atom is 0.140 e. The Bertz CT molecular complexity index is 461. The molecule has 0 aliphatic heterocycles. The second kappa shape index (κ2) is 5.63. The summed E-state index contributed by atoms with van der Waals surface area (Å²) in [5.74, 6) is 0.883. The summed E-state index contributed by atoms with van der Waals surface area (Å²) in [5.41, 5.74) is 3.26. The third kappa shape index (κ3) is 2.74. The van der Waals surface area contributed by atoms with Crippen LogP contribution in [0.25, 0.3) is 11.4 Å². The van der Waals surface area contributed by atoms with Gasteiger partial charge >= 0.3 is 0 Å². The second-order valence-electron chi connectivity index (χ2n) is 4.01. The van der Waals surface area contributed by atoms with Crippen LogP contribution in [0.3, 0.4) is 0 Å². The van der Waals surface area contributed by atoms with Crippen LogP contribution in [-0.2, 0) is 17.6 Å². The van der Waals surface area contributed by atoms with Crippen LogP contribution in [0.15, 0.2) is 12.4 Å². The third-order valence-corrected chi connectivity index (χ3v) is 2.68. The van der Waals surface area contributed by atoms with Gasteiger partial charge in [0.25, 0.3) is 0 Å². The first-order valence-corrected chi connectivity index (χ1v) is 5.90. The first-order valence-electron chi connectivity index (χ1n) is 5.90. The van der Waals surface area contributed by atoms with Gasteiger partial charge in [-0.1, -0.05) is 13.3 Å². The lowest BCUT2D eigenvalue weighted by atomic mass is 10.2. The Balaban J connectivity index is 2.17. The third-order valence-electron chi connectivity index (χ3n) is 2.68. The van der Waals surface area contributed by atoms with Gasteiger partial charge in [0.2, 0.25) is 0 Å². The zero-order chi connectivity index (χ0) is 12.1. The van der Waals surface area contributed by atoms with Crippen molar-refractivity contribution in [2.75, 3.05) is 13.7 Å². The van der Waals surface area contributed by atoms with Crippen molar-refractivity contribution in [2.24, 2.45) is 0 Å². The van der Waals surface area contributed by atoms with Crippen LogP contribution in [0, 0.1) is 0 Å². The van der Waals surface area contributed by atoms with E-state index in [4.69, 9.17) is 4.74 Å². The van der Waals surface area contributed by atoms with Crippen LogP contribution in [0.2, 0.25) is 0 Å². The summed E-state index contributed by atoms with van der Waals surface area (Å²) in [7, 11) is 1.70. The largest absolute Gasteiger partial charge is 0.384 e. The van der Waals surface area contributed by atoms with Gasteiger partial charge in [-0.3, -0.25) is 5.10 Å². The molecule has 0 fully saturated rings. The molecule has 2 aromatic rings. The highest BCUT2D eigenvalue weighted by atomic mass is 16.5. The van der Waals surface area contributed by atoms with Crippen molar-refractivity contribution in [3.63, 3.8) is 0 Å². The minimum Gasteiger partial charge on any atom is -0.384 e. The number of nitrogens with one attached hydrogen (secondary N) is 2. The maximum atomic E-state index is 5.07. The van der Waals surface area contributed by atoms with Crippen molar-refractivity contribution in [1.29, 1.82) is 0 Å². The van der Waals surface area contributed by atoms with Gasteiger partial charge in [0, 0.05) is 31.1 Å². The Kier molecular flexibility index (Phi) is 3.93. The predicted molar refractivity (Wildman–Crippen MR) is 65.7 cm³/mol. The summed E-state index contributed by atoms with van der Waals surface area (Å²) in [6, 6.07) is 0. The molecule has 0 atom stereocenters. The minimum atomic E-state index is 0.678. The average molecular weight is 234 g/mol. The van der Waals surface area contributed by atoms with Gasteiger partial charge in [-0.2, -0.15) is 5.10 Å². The molecule has 0 aliphatic rings. The molecular formula is C12H18N4O. The van der Waals surface area contributed by atoms with Crippen molar-refractivity contribution in [3.05, 3.63) is 23.8 Å². The van der Waals surface area contributed by atoms with Crippen LogP contribution in [0.1, 0.15) is 24.7 Å². The fourth-order valence-electron chi connectivity index (χ4n) is 1.80. The Morgan fingerprint density at radius 1 is 1.29 bits per heavy atom. The molecule has 0 bridgehead atoms. The molecule has 2 aromatic heterocycles. The van der Waals surface area contributed by atoms with Gasteiger partial charge in [0.05, 0.1) is 18.4 Å². The molecule has 0 radical (unpaired) electrons. The molecule has 5 heteroatoms. The summed E-state index contributed by atoms with van der Waals surface area (Å²) in [6.45, 7) is 2.83. The van der Waals surface area contributed by atoms with Gasteiger partial charge in [0.15, 0.2) is 0 Å². The molecule has 0 unspecified atom stereocenters. The molecule has 5 nitrogen and oxygen atoms in total. The number of rotatable bonds is 6. The van der Waals surface area contributed by atoms with Gasteiger partial charge in [0.1, 0.15) is 5.82 Å². The number of hydrogen-bond acceptors (Lipinski definition) is 3. The molecule has 92 valence electrons. The standard InChI is InChI=1S/C12H18N4O/c1-3-4-9-7-13-12(15-9)10-8-14-16-11(10)5-6-17-2/h7-8H,3-6H2,1-2H3,(H,13,15)(H,14,16). The summed E-state index contributed by atoms with van der Waals surface area (Å²) >= 11 is 0. The van der Waals surface area contributed by atoms with Gasteiger partial charge in [-0.25, -0.2) is 4.98 Å². The van der Waals surface area contributed by atoms with Crippen molar-refractivity contribution in [3.8, 4) is 11.4 Å². The van der Waals surface area contributed by atoms with Gasteiger partial charge in [-0.05, 0) is 6.42 Å². The van der Waals surface area contributed by atoms with Crippen LogP contribution in [0.4, 0.5) is 0 Å². The van der Waals surface area contributed by atoms with Gasteiger partial charge < -0.3 is 9.72 Å². The maximum absolute atomic E-state index is 5.07. The molecule has 0 saturated heterocycles. The van der Waals surface area contributed by atoms with Crippen molar-refractivity contribution in [1.82, 2.24) is 20.2 Å². The molecule has 2 rings (SSSR count). The van der Waals surface area contributed by atoms with E-state index in [1.807, 2.05) is 6.20 Å². The molecule has 0 saturated carbocycles. The van der Waals surface area contributed by atoms with Crippen LogP contribution in [0.5, 0.6) is 0 Å². The normalized spacial score (nSPS) is 10.9. The van der Waals surface area contributed by atoms with Crippen LogP contribution < -0.4 is 0 Å². The number of aryl methyl sites for hydroxylation is 1. The number of methoxy groups -OCH3 is 1. The van der Waals surface area contributed by atoms with Crippen LogP contribution >= 0.6 is 0 Å². The number of ether oxygens (including phenoxy) is 1. The van der Waals surface area contributed by atoms with E-state index in [9.17, 15) is 0 Å². The summed E-state index contributed by atoms with van der Waals surface area (Å²) in [4.78, 5) is 7.71. The Morgan fingerprint density at radius 2 is 2.18 bits per heavy atom. The number of H-pyrrole nitrogens is 2. The molecule has 2 heterocycles. The first-order chi connectivity index (χ1) is 8.35. The molecule has 17 heavy (non-hydrogen) atoms. The number of imidazole rings is 1. The zero-order valence-electron chi connectivity index (χ0n) is 10.3. The molecular weight excluding hydrogens is 216 g/mol. The van der Waals surface area contributed by atoms with Crippen molar-refractivity contribution >= 4 is 0 Å². The smallest absolute Gasteiger partial charge is 0.140 e. The molecule has 0 amide bonds. The number of aromatic nitrogens is 4. The lowest BCUT2D eigenvalue weighted by Crippen LogP contribution is -1.97. The van der Waals surface area contributed by atoms with Crippen molar-refractivity contribution < 1.29 is 4.74 Å². The molecule has 0 aliphatic carbocycles. The van der Waals surface area contributed by atoms with E-state index in [0.29, 0.717) is 6.61 Å². The van der Waals surface area contributed by atoms with E-state index >= 15 is 0 Å². The molecule has 0 aromatic carbocycles. The van der Waals surface area contributed by atoms with E-state index in [0.717, 1.165) is 36.3 Å². The number of hydrogen-bond donors (Lipinski definition) is 2. The Hall–Kier alpha value is -1.62. The quantitative estimate of drug-likeness (QED) is 0.802. The SMILES string of the molecule is CCCc1cnc(-c2cn[nH]c2CCOC)[nH]1. The van der Waals surface area contributed by atoms with E-state index in [2.05, 4.69) is 27.1 Å². The van der Waals surface area contributed by atoms with Crippen molar-refractivity contribution in [2.45, 2.75) is 26.2 Å². The summed E-state index contributed by atoms with van der Waals surface area (Å²) in [6.07, 6.45) is 6.66. The Morgan fingerprint density at radius 3 is 2.94 bits per heavy atom. The van der Waals surface area contributed by atoms with E-state index in [1.165, 1.54) is 5.69 Å².